The smallest absolute Gasteiger partial charge is 0.274 e. The molecule has 0 aliphatic carbocycles. The number of aromatic nitrogens is 2. The van der Waals surface area contributed by atoms with E-state index in [2.05, 4.69) is 29.2 Å². The van der Waals surface area contributed by atoms with E-state index in [1.165, 1.54) is 23.9 Å². The summed E-state index contributed by atoms with van der Waals surface area (Å²) in [6, 6.07) is 7.12. The maximum atomic E-state index is 12.7. The average molecular weight is 342 g/mol. The monoisotopic (exact) mass is 342 g/mol. The van der Waals surface area contributed by atoms with Crippen LogP contribution in [0.15, 0.2) is 29.1 Å². The van der Waals surface area contributed by atoms with E-state index in [0.717, 1.165) is 13.1 Å². The SMILES string of the molecule is Cn1nc(C(=O)NCC(C)(C)N2CCCCC2)c2ccccc2c1=O. The molecule has 0 atom stereocenters. The molecule has 1 N–H and O–H groups in total. The number of fused-ring (bicyclic) bond motifs is 1. The number of hydrogen-bond acceptors (Lipinski definition) is 4. The number of nitrogens with one attached hydrogen (secondary N) is 1. The number of piperidine rings is 1. The average Bonchev–Trinajstić information content (AvgIpc) is 2.63. The zero-order valence-corrected chi connectivity index (χ0v) is 15.2. The van der Waals surface area contributed by atoms with E-state index >= 15 is 0 Å². The van der Waals surface area contributed by atoms with E-state index in [1.807, 2.05) is 6.07 Å². The standard InChI is InChI=1S/C19H26N4O2/c1-19(2,23-11-7-4-8-12-23)13-20-17(24)16-14-9-5-6-10-15(14)18(25)22(3)21-16/h5-6,9-10H,4,7-8,11-13H2,1-3H3,(H,20,24). The highest BCUT2D eigenvalue weighted by atomic mass is 16.2. The van der Waals surface area contributed by atoms with Crippen LogP contribution in [0.25, 0.3) is 10.8 Å². The zero-order chi connectivity index (χ0) is 18.0. The highest BCUT2D eigenvalue weighted by molar-refractivity contribution is 6.04. The molecular formula is C19H26N4O2. The van der Waals surface area contributed by atoms with Crippen molar-refractivity contribution >= 4 is 16.7 Å². The molecule has 0 unspecified atom stereocenters. The molecule has 0 bridgehead atoms. The lowest BCUT2D eigenvalue weighted by molar-refractivity contribution is 0.0794. The normalized spacial score (nSPS) is 16.1. The van der Waals surface area contributed by atoms with Crippen molar-refractivity contribution in [3.8, 4) is 0 Å². The van der Waals surface area contributed by atoms with Gasteiger partial charge in [-0.05, 0) is 45.8 Å². The Morgan fingerprint density at radius 3 is 2.48 bits per heavy atom. The van der Waals surface area contributed by atoms with Gasteiger partial charge in [0, 0.05) is 24.5 Å². The Balaban J connectivity index is 1.81. The molecule has 1 aromatic heterocycles. The highest BCUT2D eigenvalue weighted by Gasteiger charge is 2.28. The number of nitrogens with zero attached hydrogens (tertiary/aromatic N) is 3. The van der Waals surface area contributed by atoms with Gasteiger partial charge in [0.05, 0.1) is 5.39 Å². The predicted octanol–water partition coefficient (Wildman–Crippen LogP) is 1.93. The molecule has 6 nitrogen and oxygen atoms in total. The number of hydrogen-bond donors (Lipinski definition) is 1. The molecule has 1 fully saturated rings. The molecule has 1 amide bonds. The van der Waals surface area contributed by atoms with Crippen LogP contribution in [0.2, 0.25) is 0 Å². The summed E-state index contributed by atoms with van der Waals surface area (Å²) in [7, 11) is 1.57. The summed E-state index contributed by atoms with van der Waals surface area (Å²) in [5, 5.41) is 8.32. The fourth-order valence-corrected chi connectivity index (χ4v) is 3.46. The van der Waals surface area contributed by atoms with Gasteiger partial charge in [-0.15, -0.1) is 0 Å². The van der Waals surface area contributed by atoms with Crippen LogP contribution in [0.1, 0.15) is 43.6 Å². The van der Waals surface area contributed by atoms with Gasteiger partial charge in [0.15, 0.2) is 5.69 Å². The third-order valence-electron chi connectivity index (χ3n) is 5.07. The topological polar surface area (TPSA) is 67.2 Å². The summed E-state index contributed by atoms with van der Waals surface area (Å²) in [6.45, 7) is 7.01. The lowest BCUT2D eigenvalue weighted by Crippen LogP contribution is -2.53. The number of aryl methyl sites for hydroxylation is 1. The van der Waals surface area contributed by atoms with E-state index in [9.17, 15) is 9.59 Å². The minimum Gasteiger partial charge on any atom is -0.349 e. The summed E-state index contributed by atoms with van der Waals surface area (Å²) in [4.78, 5) is 27.4. The number of amides is 1. The van der Waals surface area contributed by atoms with Crippen LogP contribution in [0.3, 0.4) is 0 Å². The Morgan fingerprint density at radius 2 is 1.80 bits per heavy atom. The highest BCUT2D eigenvalue weighted by Crippen LogP contribution is 2.20. The van der Waals surface area contributed by atoms with E-state index in [1.54, 1.807) is 25.2 Å². The first-order chi connectivity index (χ1) is 11.9. The fraction of sp³-hybridized carbons (Fsp3) is 0.526. The van der Waals surface area contributed by atoms with E-state index in [-0.39, 0.29) is 17.0 Å². The predicted molar refractivity (Wildman–Crippen MR) is 98.8 cm³/mol. The van der Waals surface area contributed by atoms with Gasteiger partial charge in [-0.2, -0.15) is 5.10 Å². The van der Waals surface area contributed by atoms with Crippen LogP contribution in [0.5, 0.6) is 0 Å². The van der Waals surface area contributed by atoms with Crippen LogP contribution < -0.4 is 10.9 Å². The second-order valence-electron chi connectivity index (χ2n) is 7.37. The van der Waals surface area contributed by atoms with Crippen molar-refractivity contribution in [2.75, 3.05) is 19.6 Å². The van der Waals surface area contributed by atoms with E-state index < -0.39 is 0 Å². The Labute approximate surface area is 147 Å². The van der Waals surface area contributed by atoms with E-state index in [4.69, 9.17) is 0 Å². The first-order valence-electron chi connectivity index (χ1n) is 8.89. The van der Waals surface area contributed by atoms with Crippen molar-refractivity contribution in [3.05, 3.63) is 40.3 Å². The van der Waals surface area contributed by atoms with Gasteiger partial charge in [-0.3, -0.25) is 14.5 Å². The Bertz CT molecular complexity index is 835. The zero-order valence-electron chi connectivity index (χ0n) is 15.2. The molecule has 0 saturated carbocycles. The first kappa shape index (κ1) is 17.6. The van der Waals surface area contributed by atoms with Gasteiger partial charge in [0.25, 0.3) is 11.5 Å². The van der Waals surface area contributed by atoms with Crippen molar-refractivity contribution in [2.45, 2.75) is 38.6 Å². The van der Waals surface area contributed by atoms with Crippen LogP contribution in [-0.2, 0) is 7.05 Å². The van der Waals surface area contributed by atoms with E-state index in [0.29, 0.717) is 23.0 Å². The molecule has 0 spiro atoms. The summed E-state index contributed by atoms with van der Waals surface area (Å²) in [5.74, 6) is -0.239. The van der Waals surface area contributed by atoms with Crippen LogP contribution in [-0.4, -0.2) is 45.8 Å². The Kier molecular flexibility index (Phi) is 4.90. The van der Waals surface area contributed by atoms with Gasteiger partial charge in [0.2, 0.25) is 0 Å². The molecule has 1 aromatic carbocycles. The van der Waals surface area contributed by atoms with Crippen molar-refractivity contribution in [2.24, 2.45) is 7.05 Å². The molecule has 1 saturated heterocycles. The molecule has 6 heteroatoms. The van der Waals surface area contributed by atoms with Crippen LogP contribution >= 0.6 is 0 Å². The van der Waals surface area contributed by atoms with Gasteiger partial charge >= 0.3 is 0 Å². The quantitative estimate of drug-likeness (QED) is 0.922. The maximum Gasteiger partial charge on any atom is 0.274 e. The van der Waals surface area contributed by atoms with Crippen LogP contribution in [0.4, 0.5) is 0 Å². The number of rotatable bonds is 4. The molecule has 2 aromatic rings. The Morgan fingerprint density at radius 1 is 1.16 bits per heavy atom. The number of benzene rings is 1. The van der Waals surface area contributed by atoms with Gasteiger partial charge < -0.3 is 5.32 Å². The minimum absolute atomic E-state index is 0.105. The summed E-state index contributed by atoms with van der Waals surface area (Å²) in [5.41, 5.74) is -0.0000424. The molecule has 2 heterocycles. The summed E-state index contributed by atoms with van der Waals surface area (Å²) in [6.07, 6.45) is 3.71. The molecular weight excluding hydrogens is 316 g/mol. The molecule has 1 aliphatic heterocycles. The molecule has 25 heavy (non-hydrogen) atoms. The number of carbonyl (C=O) groups is 1. The first-order valence-corrected chi connectivity index (χ1v) is 8.89. The van der Waals surface area contributed by atoms with Gasteiger partial charge in [-0.1, -0.05) is 24.6 Å². The van der Waals surface area contributed by atoms with Crippen molar-refractivity contribution in [3.63, 3.8) is 0 Å². The lowest BCUT2D eigenvalue weighted by atomic mass is 9.98. The fourth-order valence-electron chi connectivity index (χ4n) is 3.46. The molecule has 1 aliphatic rings. The Hall–Kier alpha value is -2.21. The van der Waals surface area contributed by atoms with Crippen molar-refractivity contribution in [1.82, 2.24) is 20.0 Å². The maximum absolute atomic E-state index is 12.7. The minimum atomic E-state index is -0.239. The van der Waals surface area contributed by atoms with Gasteiger partial charge in [-0.25, -0.2) is 4.68 Å². The van der Waals surface area contributed by atoms with Crippen molar-refractivity contribution in [1.29, 1.82) is 0 Å². The summed E-state index contributed by atoms with van der Waals surface area (Å²) < 4.78 is 1.23. The molecule has 134 valence electrons. The second kappa shape index (κ2) is 6.96. The second-order valence-corrected chi connectivity index (χ2v) is 7.37. The van der Waals surface area contributed by atoms with Crippen molar-refractivity contribution < 1.29 is 4.79 Å². The summed E-state index contributed by atoms with van der Waals surface area (Å²) >= 11 is 0. The third-order valence-corrected chi connectivity index (χ3v) is 5.07. The lowest BCUT2D eigenvalue weighted by Gasteiger charge is -2.41. The third kappa shape index (κ3) is 3.58. The number of carbonyl (C=O) groups excluding carboxylic acids is 1. The molecule has 0 radical (unpaired) electrons. The number of likely N-dealkylation sites (tertiary alicyclic amines) is 1. The van der Waals surface area contributed by atoms with Crippen LogP contribution in [0, 0.1) is 0 Å². The van der Waals surface area contributed by atoms with Gasteiger partial charge in [0.1, 0.15) is 0 Å². The molecule has 3 rings (SSSR count). The largest absolute Gasteiger partial charge is 0.349 e.